The van der Waals surface area contributed by atoms with Crippen molar-refractivity contribution in [1.29, 1.82) is 0 Å². The van der Waals surface area contributed by atoms with Crippen LogP contribution in [-0.2, 0) is 5.41 Å². The minimum Gasteiger partial charge on any atom is -0.205 e. The summed E-state index contributed by atoms with van der Waals surface area (Å²) in [6.07, 6.45) is 0. The number of benzene rings is 1. The van der Waals surface area contributed by atoms with Gasteiger partial charge in [0.05, 0.1) is 5.02 Å². The van der Waals surface area contributed by atoms with Crippen molar-refractivity contribution >= 4 is 11.6 Å². The number of aryl methyl sites for hydroxylation is 1. The SMILES string of the molecule is Cc1ccc(Cl)c(F)c1C(C)(C)C. The number of hydrogen-bond acceptors (Lipinski definition) is 0. The van der Waals surface area contributed by atoms with E-state index in [4.69, 9.17) is 11.6 Å². The molecular formula is C11H14ClF. The Labute approximate surface area is 83.7 Å². The lowest BCUT2D eigenvalue weighted by Crippen LogP contribution is -2.15. The lowest BCUT2D eigenvalue weighted by molar-refractivity contribution is 0.519. The van der Waals surface area contributed by atoms with Gasteiger partial charge in [-0.2, -0.15) is 0 Å². The number of halogens is 2. The van der Waals surface area contributed by atoms with Crippen molar-refractivity contribution in [1.82, 2.24) is 0 Å². The average molecular weight is 201 g/mol. The van der Waals surface area contributed by atoms with E-state index in [0.717, 1.165) is 5.56 Å². The van der Waals surface area contributed by atoms with E-state index in [-0.39, 0.29) is 16.3 Å². The highest BCUT2D eigenvalue weighted by molar-refractivity contribution is 6.30. The molecule has 0 aliphatic rings. The van der Waals surface area contributed by atoms with E-state index in [2.05, 4.69) is 0 Å². The van der Waals surface area contributed by atoms with E-state index in [0.29, 0.717) is 5.56 Å². The van der Waals surface area contributed by atoms with Crippen LogP contribution in [0.5, 0.6) is 0 Å². The Morgan fingerprint density at radius 2 is 1.77 bits per heavy atom. The molecule has 0 N–H and O–H groups in total. The van der Waals surface area contributed by atoms with Crippen molar-refractivity contribution in [3.63, 3.8) is 0 Å². The molecule has 2 heteroatoms. The Balaban J connectivity index is 3.43. The molecule has 0 spiro atoms. The van der Waals surface area contributed by atoms with Gasteiger partial charge in [0.1, 0.15) is 5.82 Å². The molecule has 0 unspecified atom stereocenters. The van der Waals surface area contributed by atoms with Gasteiger partial charge in [-0.25, -0.2) is 4.39 Å². The maximum Gasteiger partial charge on any atom is 0.145 e. The molecule has 1 rings (SSSR count). The lowest BCUT2D eigenvalue weighted by atomic mass is 9.84. The fourth-order valence-corrected chi connectivity index (χ4v) is 1.73. The van der Waals surface area contributed by atoms with Crippen LogP contribution in [0.4, 0.5) is 4.39 Å². The van der Waals surface area contributed by atoms with Crippen LogP contribution >= 0.6 is 11.6 Å². The molecule has 0 fully saturated rings. The molecule has 72 valence electrons. The third-order valence-corrected chi connectivity index (χ3v) is 2.35. The monoisotopic (exact) mass is 200 g/mol. The van der Waals surface area contributed by atoms with Gasteiger partial charge in [0.2, 0.25) is 0 Å². The van der Waals surface area contributed by atoms with Crippen LogP contribution in [0.3, 0.4) is 0 Å². The van der Waals surface area contributed by atoms with Crippen molar-refractivity contribution in [2.75, 3.05) is 0 Å². The predicted octanol–water partition coefficient (Wildman–Crippen LogP) is 4.09. The molecule has 0 bridgehead atoms. The number of hydrogen-bond donors (Lipinski definition) is 0. The maximum atomic E-state index is 13.6. The summed E-state index contributed by atoms with van der Waals surface area (Å²) in [5, 5.41) is 0.204. The van der Waals surface area contributed by atoms with Crippen molar-refractivity contribution in [3.05, 3.63) is 34.1 Å². The van der Waals surface area contributed by atoms with Gasteiger partial charge in [-0.3, -0.25) is 0 Å². The summed E-state index contributed by atoms with van der Waals surface area (Å²) < 4.78 is 13.6. The zero-order valence-corrected chi connectivity index (χ0v) is 9.17. The van der Waals surface area contributed by atoms with Crippen LogP contribution in [0.2, 0.25) is 5.02 Å². The van der Waals surface area contributed by atoms with Gasteiger partial charge in [-0.05, 0) is 29.5 Å². The molecule has 13 heavy (non-hydrogen) atoms. The molecule has 0 saturated heterocycles. The summed E-state index contributed by atoms with van der Waals surface area (Å²) in [4.78, 5) is 0. The summed E-state index contributed by atoms with van der Waals surface area (Å²) >= 11 is 5.72. The minimum atomic E-state index is -0.283. The molecular weight excluding hydrogens is 187 g/mol. The third kappa shape index (κ3) is 2.02. The molecule has 0 aliphatic heterocycles. The third-order valence-electron chi connectivity index (χ3n) is 2.05. The summed E-state index contributed by atoms with van der Waals surface area (Å²) in [5.41, 5.74) is 1.47. The van der Waals surface area contributed by atoms with Crippen LogP contribution in [-0.4, -0.2) is 0 Å². The smallest absolute Gasteiger partial charge is 0.145 e. The Kier molecular flexibility index (Phi) is 2.67. The molecule has 1 aromatic rings. The second-order valence-electron chi connectivity index (χ2n) is 4.30. The van der Waals surface area contributed by atoms with Gasteiger partial charge in [0, 0.05) is 0 Å². The second kappa shape index (κ2) is 3.30. The molecule has 0 atom stereocenters. The second-order valence-corrected chi connectivity index (χ2v) is 4.71. The first-order chi connectivity index (χ1) is 5.84. The molecule has 0 aliphatic carbocycles. The summed E-state index contributed by atoms with van der Waals surface area (Å²) in [7, 11) is 0. The van der Waals surface area contributed by atoms with Crippen molar-refractivity contribution in [3.8, 4) is 0 Å². The minimum absolute atomic E-state index is 0.195. The lowest BCUT2D eigenvalue weighted by Gasteiger charge is -2.22. The highest BCUT2D eigenvalue weighted by Gasteiger charge is 2.22. The summed E-state index contributed by atoms with van der Waals surface area (Å²) in [5.74, 6) is -0.283. The topological polar surface area (TPSA) is 0 Å². The maximum absolute atomic E-state index is 13.6. The molecule has 0 saturated carbocycles. The van der Waals surface area contributed by atoms with Gasteiger partial charge in [0.15, 0.2) is 0 Å². The van der Waals surface area contributed by atoms with Gasteiger partial charge in [-0.15, -0.1) is 0 Å². The van der Waals surface area contributed by atoms with Crippen molar-refractivity contribution < 1.29 is 4.39 Å². The van der Waals surface area contributed by atoms with E-state index >= 15 is 0 Å². The van der Waals surface area contributed by atoms with E-state index < -0.39 is 0 Å². The number of rotatable bonds is 0. The standard InChI is InChI=1S/C11H14ClF/c1-7-5-6-8(12)10(13)9(7)11(2,3)4/h5-6H,1-4H3. The molecule has 0 radical (unpaired) electrons. The highest BCUT2D eigenvalue weighted by Crippen LogP contribution is 2.31. The van der Waals surface area contributed by atoms with Gasteiger partial charge < -0.3 is 0 Å². The Hall–Kier alpha value is -0.560. The van der Waals surface area contributed by atoms with Crippen LogP contribution < -0.4 is 0 Å². The summed E-state index contributed by atoms with van der Waals surface area (Å²) in [6.45, 7) is 7.85. The Morgan fingerprint density at radius 1 is 1.23 bits per heavy atom. The van der Waals surface area contributed by atoms with Crippen molar-refractivity contribution in [2.24, 2.45) is 0 Å². The van der Waals surface area contributed by atoms with Crippen LogP contribution in [0, 0.1) is 12.7 Å². The van der Waals surface area contributed by atoms with E-state index in [1.165, 1.54) is 0 Å². The van der Waals surface area contributed by atoms with Crippen LogP contribution in [0.15, 0.2) is 12.1 Å². The van der Waals surface area contributed by atoms with Crippen molar-refractivity contribution in [2.45, 2.75) is 33.1 Å². The zero-order chi connectivity index (χ0) is 10.2. The predicted molar refractivity (Wildman–Crippen MR) is 54.8 cm³/mol. The largest absolute Gasteiger partial charge is 0.205 e. The molecule has 1 aromatic carbocycles. The average Bonchev–Trinajstić information content (AvgIpc) is 1.95. The molecule has 0 nitrogen and oxygen atoms in total. The fourth-order valence-electron chi connectivity index (χ4n) is 1.57. The quantitative estimate of drug-likeness (QED) is 0.592. The molecule has 0 amide bonds. The summed E-state index contributed by atoms with van der Waals surface area (Å²) in [6, 6.07) is 3.45. The van der Waals surface area contributed by atoms with E-state index in [1.807, 2.05) is 33.8 Å². The van der Waals surface area contributed by atoms with Gasteiger partial charge >= 0.3 is 0 Å². The first-order valence-corrected chi connectivity index (χ1v) is 4.67. The fraction of sp³-hybridized carbons (Fsp3) is 0.455. The first kappa shape index (κ1) is 10.5. The Morgan fingerprint density at radius 3 is 2.15 bits per heavy atom. The normalized spacial score (nSPS) is 11.8. The van der Waals surface area contributed by atoms with Crippen LogP contribution in [0.1, 0.15) is 31.9 Å². The molecule has 0 aromatic heterocycles. The van der Waals surface area contributed by atoms with Gasteiger partial charge in [0.25, 0.3) is 0 Å². The van der Waals surface area contributed by atoms with E-state index in [9.17, 15) is 4.39 Å². The Bertz CT molecular complexity index is 324. The van der Waals surface area contributed by atoms with Crippen LogP contribution in [0.25, 0.3) is 0 Å². The van der Waals surface area contributed by atoms with E-state index in [1.54, 1.807) is 6.07 Å². The van der Waals surface area contributed by atoms with Gasteiger partial charge in [-0.1, -0.05) is 38.4 Å². The zero-order valence-electron chi connectivity index (χ0n) is 8.41. The first-order valence-electron chi connectivity index (χ1n) is 4.29. The molecule has 0 heterocycles. The highest BCUT2D eigenvalue weighted by atomic mass is 35.5.